The number of hydrogen-bond donors (Lipinski definition) is 1. The minimum Gasteiger partial charge on any atom is -0.382 e. The number of amides is 1. The zero-order valence-corrected chi connectivity index (χ0v) is 18.1. The Bertz CT molecular complexity index is 1030. The highest BCUT2D eigenvalue weighted by Gasteiger charge is 2.21. The van der Waals surface area contributed by atoms with Crippen LogP contribution in [0.15, 0.2) is 48.5 Å². The molecule has 0 saturated heterocycles. The third kappa shape index (κ3) is 4.94. The lowest BCUT2D eigenvalue weighted by Crippen LogP contribution is -2.25. The molecule has 6 heteroatoms. The molecule has 3 aromatic rings. The molecule has 0 aliphatic heterocycles. The minimum absolute atomic E-state index is 0.0177. The fourth-order valence-corrected chi connectivity index (χ4v) is 3.28. The number of nitrogens with one attached hydrogen (secondary N) is 1. The molecule has 2 aromatic carbocycles. The summed E-state index contributed by atoms with van der Waals surface area (Å²) in [6.07, 6.45) is 0.777. The summed E-state index contributed by atoms with van der Waals surface area (Å²) >= 11 is 0. The third-order valence-electron chi connectivity index (χ3n) is 4.97. The van der Waals surface area contributed by atoms with Crippen molar-refractivity contribution in [2.24, 2.45) is 0 Å². The Morgan fingerprint density at radius 1 is 1.07 bits per heavy atom. The number of hydrogen-bond acceptors (Lipinski definition) is 4. The number of benzene rings is 2. The van der Waals surface area contributed by atoms with Crippen LogP contribution in [0.1, 0.15) is 50.0 Å². The molecule has 0 atom stereocenters. The first-order valence-electron chi connectivity index (χ1n) is 10.3. The molecule has 0 fully saturated rings. The van der Waals surface area contributed by atoms with E-state index in [1.54, 1.807) is 12.1 Å². The Morgan fingerprint density at radius 3 is 2.43 bits per heavy atom. The molecule has 6 nitrogen and oxygen atoms in total. The van der Waals surface area contributed by atoms with Gasteiger partial charge in [-0.25, -0.2) is 4.98 Å². The highest BCUT2D eigenvalue weighted by Crippen LogP contribution is 2.23. The first-order chi connectivity index (χ1) is 14.3. The van der Waals surface area contributed by atoms with E-state index in [2.05, 4.69) is 31.1 Å². The number of imidazole rings is 1. The number of nitrogens with zero attached hydrogens (tertiary/aromatic N) is 2. The SMILES string of the molecule is CCOCCCn1c(NC(=O)C(=O)c2ccc(C(C)(C)C)cc2)nc2ccccc21. The number of anilines is 1. The van der Waals surface area contributed by atoms with E-state index >= 15 is 0 Å². The van der Waals surface area contributed by atoms with Crippen molar-refractivity contribution in [2.75, 3.05) is 18.5 Å². The summed E-state index contributed by atoms with van der Waals surface area (Å²) in [5.41, 5.74) is 3.13. The molecule has 3 rings (SSSR count). The molecule has 1 aromatic heterocycles. The summed E-state index contributed by atoms with van der Waals surface area (Å²) in [6, 6.07) is 14.8. The van der Waals surface area contributed by atoms with Gasteiger partial charge in [-0.3, -0.25) is 14.9 Å². The summed E-state index contributed by atoms with van der Waals surface area (Å²) in [5.74, 6) is -0.902. The van der Waals surface area contributed by atoms with Gasteiger partial charge in [0.15, 0.2) is 0 Å². The number of ether oxygens (including phenoxy) is 1. The fraction of sp³-hybridized carbons (Fsp3) is 0.375. The van der Waals surface area contributed by atoms with Crippen molar-refractivity contribution in [2.45, 2.75) is 46.1 Å². The van der Waals surface area contributed by atoms with Crippen LogP contribution >= 0.6 is 0 Å². The normalized spacial score (nSPS) is 11.6. The van der Waals surface area contributed by atoms with Crippen molar-refractivity contribution < 1.29 is 14.3 Å². The quantitative estimate of drug-likeness (QED) is 0.337. The van der Waals surface area contributed by atoms with E-state index in [9.17, 15) is 9.59 Å². The van der Waals surface area contributed by atoms with Crippen LogP contribution < -0.4 is 5.32 Å². The number of Topliss-reactive ketones (excluding diaryl/α,β-unsaturated/α-hetero) is 1. The Balaban J connectivity index is 1.79. The predicted molar refractivity (Wildman–Crippen MR) is 119 cm³/mol. The molecule has 1 heterocycles. The first kappa shape index (κ1) is 21.7. The van der Waals surface area contributed by atoms with Gasteiger partial charge in [0.2, 0.25) is 5.95 Å². The van der Waals surface area contributed by atoms with Gasteiger partial charge in [-0.15, -0.1) is 0 Å². The molecule has 158 valence electrons. The highest BCUT2D eigenvalue weighted by molar-refractivity contribution is 6.46. The zero-order valence-electron chi connectivity index (χ0n) is 18.1. The summed E-state index contributed by atoms with van der Waals surface area (Å²) in [7, 11) is 0. The van der Waals surface area contributed by atoms with Crippen LogP contribution in [0.25, 0.3) is 11.0 Å². The van der Waals surface area contributed by atoms with Crippen molar-refractivity contribution in [3.63, 3.8) is 0 Å². The largest absolute Gasteiger partial charge is 0.382 e. The zero-order chi connectivity index (χ0) is 21.7. The van der Waals surface area contributed by atoms with Crippen molar-refractivity contribution in [1.29, 1.82) is 0 Å². The van der Waals surface area contributed by atoms with Gasteiger partial charge < -0.3 is 9.30 Å². The van der Waals surface area contributed by atoms with Gasteiger partial charge in [0, 0.05) is 25.3 Å². The second-order valence-electron chi connectivity index (χ2n) is 8.24. The lowest BCUT2D eigenvalue weighted by atomic mass is 9.86. The van der Waals surface area contributed by atoms with Crippen LogP contribution in [0.4, 0.5) is 5.95 Å². The molecule has 1 amide bonds. The van der Waals surface area contributed by atoms with E-state index in [1.165, 1.54) is 0 Å². The number of aryl methyl sites for hydroxylation is 1. The minimum atomic E-state index is -0.695. The van der Waals surface area contributed by atoms with Crippen LogP contribution in [0.2, 0.25) is 0 Å². The van der Waals surface area contributed by atoms with Gasteiger partial charge in [-0.2, -0.15) is 0 Å². The van der Waals surface area contributed by atoms with E-state index in [0.29, 0.717) is 31.3 Å². The molecule has 0 aliphatic carbocycles. The smallest absolute Gasteiger partial charge is 0.299 e. The van der Waals surface area contributed by atoms with Crippen molar-refractivity contribution in [1.82, 2.24) is 9.55 Å². The molecule has 1 N–H and O–H groups in total. The van der Waals surface area contributed by atoms with Gasteiger partial charge in [0.1, 0.15) is 0 Å². The predicted octanol–water partition coefficient (Wildman–Crippen LogP) is 4.58. The average molecular weight is 408 g/mol. The second-order valence-corrected chi connectivity index (χ2v) is 8.24. The maximum absolute atomic E-state index is 12.7. The van der Waals surface area contributed by atoms with Crippen LogP contribution in [0.5, 0.6) is 0 Å². The standard InChI is InChI=1S/C24H29N3O3/c1-5-30-16-8-15-27-20-10-7-6-9-19(20)25-23(27)26-22(29)21(28)17-11-13-18(14-12-17)24(2,3)4/h6-7,9-14H,5,8,15-16H2,1-4H3,(H,25,26,29). The van der Waals surface area contributed by atoms with Crippen molar-refractivity contribution in [3.05, 3.63) is 59.7 Å². The van der Waals surface area contributed by atoms with Gasteiger partial charge >= 0.3 is 0 Å². The van der Waals surface area contributed by atoms with Gasteiger partial charge in [-0.1, -0.05) is 57.2 Å². The molecule has 0 aliphatic rings. The summed E-state index contributed by atoms with van der Waals surface area (Å²) in [5, 5.41) is 2.71. The summed E-state index contributed by atoms with van der Waals surface area (Å²) in [6.45, 7) is 10.2. The van der Waals surface area contributed by atoms with E-state index in [1.807, 2.05) is 47.9 Å². The van der Waals surface area contributed by atoms with E-state index in [0.717, 1.165) is 23.0 Å². The number of aromatic nitrogens is 2. The highest BCUT2D eigenvalue weighted by atomic mass is 16.5. The van der Waals surface area contributed by atoms with Gasteiger partial charge in [0.05, 0.1) is 11.0 Å². The number of fused-ring (bicyclic) bond motifs is 1. The van der Waals surface area contributed by atoms with Crippen molar-refractivity contribution >= 4 is 28.7 Å². The summed E-state index contributed by atoms with van der Waals surface area (Å²) < 4.78 is 7.34. The topological polar surface area (TPSA) is 73.2 Å². The molecule has 0 radical (unpaired) electrons. The lowest BCUT2D eigenvalue weighted by molar-refractivity contribution is -0.112. The number of carbonyl (C=O) groups is 2. The third-order valence-corrected chi connectivity index (χ3v) is 4.97. The number of carbonyl (C=O) groups excluding carboxylic acids is 2. The summed E-state index contributed by atoms with van der Waals surface area (Å²) in [4.78, 5) is 29.8. The first-order valence-corrected chi connectivity index (χ1v) is 10.3. The monoisotopic (exact) mass is 407 g/mol. The van der Waals surface area contributed by atoms with E-state index in [-0.39, 0.29) is 5.41 Å². The maximum Gasteiger partial charge on any atom is 0.299 e. The second kappa shape index (κ2) is 9.22. The number of rotatable bonds is 8. The van der Waals surface area contributed by atoms with Crippen LogP contribution in [-0.2, 0) is 21.5 Å². The molecule has 0 saturated carbocycles. The van der Waals surface area contributed by atoms with Gasteiger partial charge in [-0.05, 0) is 36.5 Å². The fourth-order valence-electron chi connectivity index (χ4n) is 3.28. The molecule has 30 heavy (non-hydrogen) atoms. The Hall–Kier alpha value is -2.99. The molecule has 0 bridgehead atoms. The Labute approximate surface area is 177 Å². The molecule has 0 spiro atoms. The van der Waals surface area contributed by atoms with E-state index in [4.69, 9.17) is 4.74 Å². The van der Waals surface area contributed by atoms with Crippen LogP contribution in [-0.4, -0.2) is 34.5 Å². The number of para-hydroxylation sites is 2. The Morgan fingerprint density at radius 2 is 1.77 bits per heavy atom. The number of ketones is 1. The molecular formula is C24H29N3O3. The van der Waals surface area contributed by atoms with Crippen LogP contribution in [0, 0.1) is 0 Å². The molecule has 0 unspecified atom stereocenters. The Kier molecular flexibility index (Phi) is 6.67. The van der Waals surface area contributed by atoms with E-state index < -0.39 is 11.7 Å². The maximum atomic E-state index is 12.7. The van der Waals surface area contributed by atoms with Gasteiger partial charge in [0.25, 0.3) is 11.7 Å². The van der Waals surface area contributed by atoms with Crippen LogP contribution in [0.3, 0.4) is 0 Å². The average Bonchev–Trinajstić information content (AvgIpc) is 3.07. The van der Waals surface area contributed by atoms with Crippen molar-refractivity contribution in [3.8, 4) is 0 Å². The molecular weight excluding hydrogens is 378 g/mol. The lowest BCUT2D eigenvalue weighted by Gasteiger charge is -2.18.